The second kappa shape index (κ2) is 7.14. The molecule has 3 rings (SSSR count). The molecular weight excluding hydrogens is 336 g/mol. The van der Waals surface area contributed by atoms with Gasteiger partial charge in [0.05, 0.1) is 23.0 Å². The van der Waals surface area contributed by atoms with Crippen molar-refractivity contribution >= 4 is 16.8 Å². The summed E-state index contributed by atoms with van der Waals surface area (Å²) in [6, 6.07) is 6.46. The number of rotatable bonds is 4. The molecule has 0 N–H and O–H groups in total. The lowest BCUT2D eigenvalue weighted by Crippen LogP contribution is -2.33. The third-order valence-corrected chi connectivity index (χ3v) is 5.00. The first-order valence-electron chi connectivity index (χ1n) is 9.42. The smallest absolute Gasteiger partial charge is 0.254 e. The quantitative estimate of drug-likeness (QED) is 0.670. The molecule has 0 fully saturated rings. The second-order valence-electron chi connectivity index (χ2n) is 7.84. The highest BCUT2D eigenvalue weighted by Gasteiger charge is 2.21. The van der Waals surface area contributed by atoms with Gasteiger partial charge in [0.1, 0.15) is 0 Å². The first-order chi connectivity index (χ1) is 12.7. The molecule has 142 valence electrons. The van der Waals surface area contributed by atoms with Gasteiger partial charge < -0.3 is 4.90 Å². The maximum atomic E-state index is 13.2. The SMILES string of the molecule is Cc1cc(C)c2c(C(=O)N(C)C(C)C)cc(-c3cnn(C(C)C)c3)nc2c1. The van der Waals surface area contributed by atoms with Crippen LogP contribution in [0.25, 0.3) is 22.2 Å². The predicted molar refractivity (Wildman–Crippen MR) is 110 cm³/mol. The van der Waals surface area contributed by atoms with Gasteiger partial charge in [0.25, 0.3) is 5.91 Å². The van der Waals surface area contributed by atoms with Crippen LogP contribution >= 0.6 is 0 Å². The molecule has 0 spiro atoms. The number of hydrogen-bond donors (Lipinski definition) is 0. The van der Waals surface area contributed by atoms with Crippen LogP contribution < -0.4 is 0 Å². The highest BCUT2D eigenvalue weighted by molar-refractivity contribution is 6.08. The van der Waals surface area contributed by atoms with Gasteiger partial charge in [-0.15, -0.1) is 0 Å². The minimum Gasteiger partial charge on any atom is -0.339 e. The number of benzene rings is 1. The van der Waals surface area contributed by atoms with Crippen molar-refractivity contribution < 1.29 is 4.79 Å². The highest BCUT2D eigenvalue weighted by Crippen LogP contribution is 2.29. The van der Waals surface area contributed by atoms with E-state index in [1.807, 2.05) is 57.0 Å². The van der Waals surface area contributed by atoms with E-state index in [1.54, 1.807) is 4.90 Å². The van der Waals surface area contributed by atoms with Gasteiger partial charge in [-0.25, -0.2) is 4.98 Å². The third-order valence-electron chi connectivity index (χ3n) is 5.00. The number of nitrogens with zero attached hydrogens (tertiary/aromatic N) is 4. The van der Waals surface area contributed by atoms with Crippen molar-refractivity contribution in [3.63, 3.8) is 0 Å². The van der Waals surface area contributed by atoms with Gasteiger partial charge in [0.2, 0.25) is 0 Å². The number of pyridine rings is 1. The lowest BCUT2D eigenvalue weighted by Gasteiger charge is -2.23. The van der Waals surface area contributed by atoms with E-state index in [4.69, 9.17) is 4.98 Å². The van der Waals surface area contributed by atoms with Crippen molar-refractivity contribution in [2.24, 2.45) is 0 Å². The van der Waals surface area contributed by atoms with Crippen molar-refractivity contribution in [2.45, 2.75) is 53.6 Å². The van der Waals surface area contributed by atoms with Crippen molar-refractivity contribution in [1.29, 1.82) is 0 Å². The lowest BCUT2D eigenvalue weighted by molar-refractivity contribution is 0.0757. The largest absolute Gasteiger partial charge is 0.339 e. The van der Waals surface area contributed by atoms with E-state index < -0.39 is 0 Å². The van der Waals surface area contributed by atoms with E-state index in [1.165, 1.54) is 0 Å². The van der Waals surface area contributed by atoms with Crippen LogP contribution in [0, 0.1) is 13.8 Å². The number of carbonyl (C=O) groups is 1. The van der Waals surface area contributed by atoms with E-state index in [-0.39, 0.29) is 18.0 Å². The van der Waals surface area contributed by atoms with Gasteiger partial charge >= 0.3 is 0 Å². The molecule has 0 unspecified atom stereocenters. The van der Waals surface area contributed by atoms with E-state index >= 15 is 0 Å². The normalized spacial score (nSPS) is 11.6. The van der Waals surface area contributed by atoms with Crippen LogP contribution in [-0.2, 0) is 0 Å². The first kappa shape index (κ1) is 19.1. The highest BCUT2D eigenvalue weighted by atomic mass is 16.2. The zero-order chi connectivity index (χ0) is 19.9. The molecule has 27 heavy (non-hydrogen) atoms. The Bertz CT molecular complexity index is 1000. The fourth-order valence-corrected chi connectivity index (χ4v) is 3.25. The number of hydrogen-bond acceptors (Lipinski definition) is 3. The standard InChI is InChI=1S/C22H28N4O/c1-13(2)25(7)22(27)18-10-19(17-11-23-26(12-17)14(3)4)24-20-9-15(5)8-16(6)21(18)20/h8-14H,1-7H3. The molecule has 1 aromatic carbocycles. The summed E-state index contributed by atoms with van der Waals surface area (Å²) < 4.78 is 1.91. The van der Waals surface area contributed by atoms with Crippen LogP contribution in [-0.4, -0.2) is 38.7 Å². The van der Waals surface area contributed by atoms with Crippen LogP contribution in [0.15, 0.2) is 30.6 Å². The van der Waals surface area contributed by atoms with E-state index in [0.717, 1.165) is 33.3 Å². The van der Waals surface area contributed by atoms with Crippen LogP contribution in [0.2, 0.25) is 0 Å². The summed E-state index contributed by atoms with van der Waals surface area (Å²) in [7, 11) is 1.85. The maximum Gasteiger partial charge on any atom is 0.254 e. The van der Waals surface area contributed by atoms with E-state index in [0.29, 0.717) is 5.56 Å². The molecule has 2 aromatic heterocycles. The molecule has 0 atom stereocenters. The van der Waals surface area contributed by atoms with Crippen molar-refractivity contribution in [3.05, 3.63) is 47.3 Å². The van der Waals surface area contributed by atoms with Crippen molar-refractivity contribution in [2.75, 3.05) is 7.05 Å². The number of amides is 1. The zero-order valence-electron chi connectivity index (χ0n) is 17.2. The molecule has 0 radical (unpaired) electrons. The summed E-state index contributed by atoms with van der Waals surface area (Å²) in [5, 5.41) is 5.36. The Kier molecular flexibility index (Phi) is 5.05. The van der Waals surface area contributed by atoms with Gasteiger partial charge in [-0.2, -0.15) is 5.10 Å². The Morgan fingerprint density at radius 2 is 1.81 bits per heavy atom. The van der Waals surface area contributed by atoms with Gasteiger partial charge in [0, 0.05) is 36.3 Å². The molecule has 2 heterocycles. The second-order valence-corrected chi connectivity index (χ2v) is 7.84. The molecule has 0 aliphatic carbocycles. The van der Waals surface area contributed by atoms with Gasteiger partial charge in [-0.3, -0.25) is 9.48 Å². The van der Waals surface area contributed by atoms with E-state index in [9.17, 15) is 4.79 Å². The topological polar surface area (TPSA) is 51.0 Å². The summed E-state index contributed by atoms with van der Waals surface area (Å²) >= 11 is 0. The number of fused-ring (bicyclic) bond motifs is 1. The Balaban J connectivity index is 2.26. The monoisotopic (exact) mass is 364 g/mol. The van der Waals surface area contributed by atoms with Crippen LogP contribution in [0.4, 0.5) is 0 Å². The fraction of sp³-hybridized carbons (Fsp3) is 0.409. The average Bonchev–Trinajstić information content (AvgIpc) is 3.09. The van der Waals surface area contributed by atoms with Crippen LogP contribution in [0.5, 0.6) is 0 Å². The fourth-order valence-electron chi connectivity index (χ4n) is 3.25. The minimum atomic E-state index is 0.0156. The van der Waals surface area contributed by atoms with Crippen molar-refractivity contribution in [1.82, 2.24) is 19.7 Å². The zero-order valence-corrected chi connectivity index (χ0v) is 17.2. The summed E-state index contributed by atoms with van der Waals surface area (Å²) in [6.45, 7) is 12.3. The first-order valence-corrected chi connectivity index (χ1v) is 9.42. The summed E-state index contributed by atoms with van der Waals surface area (Å²) in [5.74, 6) is 0.0156. The number of aryl methyl sites for hydroxylation is 2. The Morgan fingerprint density at radius 3 is 2.41 bits per heavy atom. The Labute approximate surface area is 161 Å². The molecule has 3 aromatic rings. The molecular formula is C22H28N4O. The van der Waals surface area contributed by atoms with Gasteiger partial charge in [-0.05, 0) is 64.8 Å². The molecule has 5 nitrogen and oxygen atoms in total. The molecule has 1 amide bonds. The number of carbonyl (C=O) groups excluding carboxylic acids is 1. The molecule has 0 bridgehead atoms. The molecule has 0 saturated heterocycles. The van der Waals surface area contributed by atoms with Gasteiger partial charge in [0.15, 0.2) is 0 Å². The Morgan fingerprint density at radius 1 is 1.11 bits per heavy atom. The number of aromatic nitrogens is 3. The summed E-state index contributed by atoms with van der Waals surface area (Å²) in [5.41, 5.74) is 5.45. The molecule has 0 aliphatic rings. The maximum absolute atomic E-state index is 13.2. The molecule has 5 heteroatoms. The van der Waals surface area contributed by atoms with Crippen LogP contribution in [0.3, 0.4) is 0 Å². The summed E-state index contributed by atoms with van der Waals surface area (Å²) in [4.78, 5) is 19.8. The molecule has 0 saturated carbocycles. The molecule has 0 aliphatic heterocycles. The predicted octanol–water partition coefficient (Wildman–Crippen LogP) is 4.78. The van der Waals surface area contributed by atoms with Crippen molar-refractivity contribution in [3.8, 4) is 11.3 Å². The van der Waals surface area contributed by atoms with E-state index in [2.05, 4.69) is 31.9 Å². The Hall–Kier alpha value is -2.69. The van der Waals surface area contributed by atoms with Crippen LogP contribution in [0.1, 0.15) is 55.2 Å². The summed E-state index contributed by atoms with van der Waals surface area (Å²) in [6.07, 6.45) is 3.80. The minimum absolute atomic E-state index is 0.0156. The third kappa shape index (κ3) is 3.59. The lowest BCUT2D eigenvalue weighted by atomic mass is 9.98. The average molecular weight is 364 g/mol. The van der Waals surface area contributed by atoms with Gasteiger partial charge in [-0.1, -0.05) is 6.07 Å².